The molecule has 2 fully saturated rings. The molecule has 6 heteroatoms. The van der Waals surface area contributed by atoms with Crippen LogP contribution in [0.15, 0.2) is 24.3 Å². The van der Waals surface area contributed by atoms with Crippen LogP contribution in [-0.4, -0.2) is 29.3 Å². The van der Waals surface area contributed by atoms with Crippen molar-refractivity contribution in [2.45, 2.75) is 57.7 Å². The average molecular weight is 366 g/mol. The summed E-state index contributed by atoms with van der Waals surface area (Å²) in [5.74, 6) is 0.621. The molecule has 0 unspecified atom stereocenters. The highest BCUT2D eigenvalue weighted by atomic mass is 35.5. The van der Waals surface area contributed by atoms with Gasteiger partial charge in [-0.1, -0.05) is 30.7 Å². The standard InChI is InChI=1S/C19H27N3O2.ClH/c20-17-8-3-7-14(17)11-18(23)21-12-15-5-1-2-6-16(15)13-22-10-4-9-19(22)24;/h1-2,5-6,14,17H,3-4,7-13,20H2,(H,21,23);1H/t14-,17+;/m0./s1. The first-order valence-electron chi connectivity index (χ1n) is 9.00. The zero-order valence-corrected chi connectivity index (χ0v) is 15.4. The zero-order valence-electron chi connectivity index (χ0n) is 14.6. The SMILES string of the molecule is Cl.N[C@@H]1CCC[C@H]1CC(=O)NCc1ccccc1CN1CCCC1=O. The molecule has 25 heavy (non-hydrogen) atoms. The fraction of sp³-hybridized carbons (Fsp3) is 0.579. The fourth-order valence-corrected chi connectivity index (χ4v) is 3.78. The number of nitrogens with zero attached hydrogens (tertiary/aromatic N) is 1. The van der Waals surface area contributed by atoms with Crippen molar-refractivity contribution in [3.8, 4) is 0 Å². The predicted molar refractivity (Wildman–Crippen MR) is 100 cm³/mol. The molecule has 0 radical (unpaired) electrons. The van der Waals surface area contributed by atoms with E-state index in [2.05, 4.69) is 5.32 Å². The summed E-state index contributed by atoms with van der Waals surface area (Å²) < 4.78 is 0. The Kier molecular flexibility index (Phi) is 7.26. The predicted octanol–water partition coefficient (Wildman–Crippen LogP) is 2.36. The summed E-state index contributed by atoms with van der Waals surface area (Å²) in [4.78, 5) is 25.9. The number of carbonyl (C=O) groups is 2. The molecule has 0 bridgehead atoms. The molecule has 2 atom stereocenters. The van der Waals surface area contributed by atoms with Crippen LogP contribution in [0.3, 0.4) is 0 Å². The van der Waals surface area contributed by atoms with E-state index < -0.39 is 0 Å². The molecule has 1 saturated heterocycles. The minimum atomic E-state index is 0. The van der Waals surface area contributed by atoms with Crippen molar-refractivity contribution in [3.63, 3.8) is 0 Å². The van der Waals surface area contributed by atoms with Crippen LogP contribution in [0.4, 0.5) is 0 Å². The van der Waals surface area contributed by atoms with Crippen LogP contribution in [0.5, 0.6) is 0 Å². The third-order valence-electron chi connectivity index (χ3n) is 5.29. The van der Waals surface area contributed by atoms with Crippen LogP contribution in [0.2, 0.25) is 0 Å². The lowest BCUT2D eigenvalue weighted by atomic mass is 9.99. The molecule has 3 N–H and O–H groups in total. The van der Waals surface area contributed by atoms with Crippen LogP contribution in [0.1, 0.15) is 49.7 Å². The Morgan fingerprint density at radius 2 is 1.96 bits per heavy atom. The maximum Gasteiger partial charge on any atom is 0.222 e. The summed E-state index contributed by atoms with van der Waals surface area (Å²) in [6.07, 6.45) is 5.34. The van der Waals surface area contributed by atoms with Gasteiger partial charge in [0, 0.05) is 38.5 Å². The number of rotatable bonds is 6. The van der Waals surface area contributed by atoms with Crippen LogP contribution < -0.4 is 11.1 Å². The van der Waals surface area contributed by atoms with Gasteiger partial charge in [0.15, 0.2) is 0 Å². The lowest BCUT2D eigenvalue weighted by Crippen LogP contribution is -2.31. The number of hydrogen-bond acceptors (Lipinski definition) is 3. The number of carbonyl (C=O) groups excluding carboxylic acids is 2. The molecule has 138 valence electrons. The van der Waals surface area contributed by atoms with Gasteiger partial charge in [0.1, 0.15) is 0 Å². The maximum absolute atomic E-state index is 12.2. The van der Waals surface area contributed by atoms with E-state index in [1.165, 1.54) is 0 Å². The second kappa shape index (κ2) is 9.20. The van der Waals surface area contributed by atoms with Crippen LogP contribution >= 0.6 is 12.4 Å². The minimum Gasteiger partial charge on any atom is -0.352 e. The van der Waals surface area contributed by atoms with Gasteiger partial charge in [0.2, 0.25) is 11.8 Å². The van der Waals surface area contributed by atoms with Crippen molar-refractivity contribution < 1.29 is 9.59 Å². The van der Waals surface area contributed by atoms with Crippen LogP contribution in [0, 0.1) is 5.92 Å². The highest BCUT2D eigenvalue weighted by molar-refractivity contribution is 5.85. The first kappa shape index (κ1) is 19.7. The molecular formula is C19H28ClN3O2. The molecule has 1 saturated carbocycles. The Balaban J connectivity index is 0.00000225. The van der Waals surface area contributed by atoms with Crippen molar-refractivity contribution in [3.05, 3.63) is 35.4 Å². The van der Waals surface area contributed by atoms with Crippen LogP contribution in [-0.2, 0) is 22.7 Å². The first-order chi connectivity index (χ1) is 11.6. The Bertz CT molecular complexity index is 608. The maximum atomic E-state index is 12.2. The van der Waals surface area contributed by atoms with Gasteiger partial charge in [-0.05, 0) is 36.3 Å². The normalized spacial score (nSPS) is 22.8. The van der Waals surface area contributed by atoms with E-state index >= 15 is 0 Å². The number of nitrogens with two attached hydrogens (primary N) is 1. The third-order valence-corrected chi connectivity index (χ3v) is 5.29. The van der Waals surface area contributed by atoms with Crippen molar-refractivity contribution >= 4 is 24.2 Å². The highest BCUT2D eigenvalue weighted by Crippen LogP contribution is 2.26. The molecule has 3 rings (SSSR count). The summed E-state index contributed by atoms with van der Waals surface area (Å²) in [7, 11) is 0. The molecule has 5 nitrogen and oxygen atoms in total. The van der Waals surface area contributed by atoms with Gasteiger partial charge in [0.05, 0.1) is 0 Å². The molecule has 1 aromatic rings. The van der Waals surface area contributed by atoms with E-state index in [0.29, 0.717) is 31.8 Å². The van der Waals surface area contributed by atoms with Gasteiger partial charge in [-0.2, -0.15) is 0 Å². The molecular weight excluding hydrogens is 338 g/mol. The monoisotopic (exact) mass is 365 g/mol. The Morgan fingerprint density at radius 1 is 1.20 bits per heavy atom. The van der Waals surface area contributed by atoms with Crippen molar-refractivity contribution in [1.29, 1.82) is 0 Å². The van der Waals surface area contributed by atoms with Gasteiger partial charge >= 0.3 is 0 Å². The molecule has 2 aliphatic rings. The lowest BCUT2D eigenvalue weighted by molar-refractivity contribution is -0.128. The van der Waals surface area contributed by atoms with E-state index in [1.807, 2.05) is 29.2 Å². The van der Waals surface area contributed by atoms with E-state index in [0.717, 1.165) is 43.4 Å². The Labute approximate surface area is 155 Å². The average Bonchev–Trinajstić information content (AvgIpc) is 3.16. The number of amides is 2. The minimum absolute atomic E-state index is 0. The summed E-state index contributed by atoms with van der Waals surface area (Å²) in [5.41, 5.74) is 8.25. The van der Waals surface area contributed by atoms with Gasteiger partial charge < -0.3 is 16.0 Å². The van der Waals surface area contributed by atoms with E-state index in [9.17, 15) is 9.59 Å². The smallest absolute Gasteiger partial charge is 0.222 e. The summed E-state index contributed by atoms with van der Waals surface area (Å²) in [6, 6.07) is 8.20. The van der Waals surface area contributed by atoms with Crippen LogP contribution in [0.25, 0.3) is 0 Å². The molecule has 0 spiro atoms. The number of halogens is 1. The molecule has 0 aromatic heterocycles. The Morgan fingerprint density at radius 3 is 2.60 bits per heavy atom. The second-order valence-corrected chi connectivity index (χ2v) is 7.02. The number of nitrogens with one attached hydrogen (secondary N) is 1. The van der Waals surface area contributed by atoms with Gasteiger partial charge in [0.25, 0.3) is 0 Å². The number of hydrogen-bond donors (Lipinski definition) is 2. The number of benzene rings is 1. The van der Waals surface area contributed by atoms with Crippen molar-refractivity contribution in [2.75, 3.05) is 6.54 Å². The fourth-order valence-electron chi connectivity index (χ4n) is 3.78. The van der Waals surface area contributed by atoms with E-state index in [-0.39, 0.29) is 30.3 Å². The summed E-state index contributed by atoms with van der Waals surface area (Å²) in [6.45, 7) is 1.98. The molecule has 1 aromatic carbocycles. The summed E-state index contributed by atoms with van der Waals surface area (Å²) in [5, 5.41) is 3.02. The molecule has 1 heterocycles. The molecule has 1 aliphatic heterocycles. The summed E-state index contributed by atoms with van der Waals surface area (Å²) >= 11 is 0. The molecule has 2 amide bonds. The molecule has 1 aliphatic carbocycles. The first-order valence-corrected chi connectivity index (χ1v) is 9.00. The highest BCUT2D eigenvalue weighted by Gasteiger charge is 2.26. The Hall–Kier alpha value is -1.59. The van der Waals surface area contributed by atoms with Crippen molar-refractivity contribution in [1.82, 2.24) is 10.2 Å². The quantitative estimate of drug-likeness (QED) is 0.812. The number of likely N-dealkylation sites (tertiary alicyclic amines) is 1. The largest absolute Gasteiger partial charge is 0.352 e. The topological polar surface area (TPSA) is 75.4 Å². The zero-order chi connectivity index (χ0) is 16.9. The third kappa shape index (κ3) is 5.19. The van der Waals surface area contributed by atoms with E-state index in [4.69, 9.17) is 5.73 Å². The van der Waals surface area contributed by atoms with Crippen molar-refractivity contribution in [2.24, 2.45) is 11.7 Å². The van der Waals surface area contributed by atoms with Gasteiger partial charge in [-0.15, -0.1) is 12.4 Å². The van der Waals surface area contributed by atoms with Gasteiger partial charge in [-0.25, -0.2) is 0 Å². The second-order valence-electron chi connectivity index (χ2n) is 7.02. The van der Waals surface area contributed by atoms with E-state index in [1.54, 1.807) is 0 Å². The van der Waals surface area contributed by atoms with Gasteiger partial charge in [-0.3, -0.25) is 9.59 Å². The lowest BCUT2D eigenvalue weighted by Gasteiger charge is -2.19.